The molecule has 1 aromatic heterocycles. The third kappa shape index (κ3) is 2.10. The molecule has 0 saturated carbocycles. The summed E-state index contributed by atoms with van der Waals surface area (Å²) in [6, 6.07) is 0. The largest absolute Gasteiger partial charge is 0.372 e. The minimum absolute atomic E-state index is 0.0481. The van der Waals surface area contributed by atoms with Crippen LogP contribution in [0, 0.1) is 0 Å². The number of aromatic nitrogens is 1. The van der Waals surface area contributed by atoms with E-state index in [1.54, 1.807) is 0 Å². The van der Waals surface area contributed by atoms with Gasteiger partial charge in [-0.3, -0.25) is 0 Å². The molecule has 3 heterocycles. The summed E-state index contributed by atoms with van der Waals surface area (Å²) in [7, 11) is -3.44. The second-order valence-corrected chi connectivity index (χ2v) is 7.99. The third-order valence-corrected chi connectivity index (χ3v) is 6.44. The van der Waals surface area contributed by atoms with Crippen molar-refractivity contribution in [1.82, 2.24) is 9.29 Å². The Labute approximate surface area is 108 Å². The lowest BCUT2D eigenvalue weighted by Gasteiger charge is -2.30. The van der Waals surface area contributed by atoms with Gasteiger partial charge in [0.1, 0.15) is 0 Å². The second-order valence-electron chi connectivity index (χ2n) is 4.21. The first-order chi connectivity index (χ1) is 8.05. The molecular formula is C9H11ClN2O3S2. The minimum Gasteiger partial charge on any atom is -0.372 e. The van der Waals surface area contributed by atoms with Gasteiger partial charge < -0.3 is 4.74 Å². The Balaban J connectivity index is 1.88. The van der Waals surface area contributed by atoms with Crippen molar-refractivity contribution in [2.45, 2.75) is 29.3 Å². The topological polar surface area (TPSA) is 59.5 Å². The number of hydrogen-bond donors (Lipinski definition) is 0. The van der Waals surface area contributed by atoms with Crippen LogP contribution in [0.15, 0.2) is 10.4 Å². The van der Waals surface area contributed by atoms with Gasteiger partial charge in [-0.15, -0.1) is 0 Å². The van der Waals surface area contributed by atoms with Crippen molar-refractivity contribution in [3.8, 4) is 0 Å². The molecule has 2 bridgehead atoms. The molecule has 8 heteroatoms. The van der Waals surface area contributed by atoms with Crippen LogP contribution in [0.2, 0.25) is 4.47 Å². The van der Waals surface area contributed by atoms with E-state index in [1.165, 1.54) is 10.5 Å². The highest BCUT2D eigenvalue weighted by Crippen LogP contribution is 2.32. The summed E-state index contributed by atoms with van der Waals surface area (Å²) >= 11 is 6.67. The Bertz CT molecular complexity index is 518. The van der Waals surface area contributed by atoms with E-state index in [0.29, 0.717) is 13.1 Å². The summed E-state index contributed by atoms with van der Waals surface area (Å²) in [6.45, 7) is 0.878. The number of hydrogen-bond acceptors (Lipinski definition) is 5. The lowest BCUT2D eigenvalue weighted by molar-refractivity contribution is -0.0114. The van der Waals surface area contributed by atoms with E-state index in [-0.39, 0.29) is 20.9 Å². The van der Waals surface area contributed by atoms with E-state index in [2.05, 4.69) is 4.98 Å². The van der Waals surface area contributed by atoms with E-state index < -0.39 is 10.0 Å². The molecule has 0 N–H and O–H groups in total. The molecule has 2 aliphatic rings. The molecule has 2 fully saturated rings. The standard InChI is InChI=1S/C9H11ClN2O3S2/c10-9-11-3-8(16-9)17(13,14)12-4-6-1-2-7(5-12)15-6/h3,6-7H,1-2,4-5H2. The summed E-state index contributed by atoms with van der Waals surface area (Å²) in [4.78, 5) is 3.78. The molecule has 2 unspecified atom stereocenters. The van der Waals surface area contributed by atoms with E-state index in [4.69, 9.17) is 16.3 Å². The van der Waals surface area contributed by atoms with Gasteiger partial charge in [-0.05, 0) is 12.8 Å². The smallest absolute Gasteiger partial charge is 0.254 e. The van der Waals surface area contributed by atoms with Crippen LogP contribution in [0.25, 0.3) is 0 Å². The van der Waals surface area contributed by atoms with Gasteiger partial charge in [0.15, 0.2) is 8.68 Å². The molecule has 2 atom stereocenters. The molecule has 17 heavy (non-hydrogen) atoms. The van der Waals surface area contributed by atoms with Crippen LogP contribution in [0.4, 0.5) is 0 Å². The number of thiazole rings is 1. The number of nitrogens with zero attached hydrogens (tertiary/aromatic N) is 2. The van der Waals surface area contributed by atoms with Crippen molar-refractivity contribution in [2.75, 3.05) is 13.1 Å². The van der Waals surface area contributed by atoms with Crippen molar-refractivity contribution in [1.29, 1.82) is 0 Å². The lowest BCUT2D eigenvalue weighted by Crippen LogP contribution is -2.45. The van der Waals surface area contributed by atoms with Gasteiger partial charge in [0.05, 0.1) is 18.4 Å². The highest BCUT2D eigenvalue weighted by molar-refractivity contribution is 7.91. The van der Waals surface area contributed by atoms with Crippen molar-refractivity contribution in [3.05, 3.63) is 10.7 Å². The maximum absolute atomic E-state index is 12.3. The molecule has 3 rings (SSSR count). The van der Waals surface area contributed by atoms with Crippen LogP contribution in [0.5, 0.6) is 0 Å². The molecule has 5 nitrogen and oxygen atoms in total. The minimum atomic E-state index is -3.44. The SMILES string of the molecule is O=S(=O)(c1cnc(Cl)s1)N1CC2CCC(C1)O2. The highest BCUT2D eigenvalue weighted by Gasteiger charge is 2.39. The van der Waals surface area contributed by atoms with E-state index in [1.807, 2.05) is 0 Å². The number of halogens is 1. The highest BCUT2D eigenvalue weighted by atomic mass is 35.5. The quantitative estimate of drug-likeness (QED) is 0.826. The van der Waals surface area contributed by atoms with Gasteiger partial charge >= 0.3 is 0 Å². The molecule has 2 saturated heterocycles. The summed E-state index contributed by atoms with van der Waals surface area (Å²) < 4.78 is 32.2. The average molecular weight is 295 g/mol. The molecular weight excluding hydrogens is 284 g/mol. The van der Waals surface area contributed by atoms with E-state index in [0.717, 1.165) is 24.2 Å². The van der Waals surface area contributed by atoms with Crippen LogP contribution in [-0.2, 0) is 14.8 Å². The summed E-state index contributed by atoms with van der Waals surface area (Å²) in [5, 5.41) is 0. The van der Waals surface area contributed by atoms with Gasteiger partial charge in [-0.25, -0.2) is 13.4 Å². The molecule has 0 amide bonds. The third-order valence-electron chi connectivity index (χ3n) is 3.06. The molecule has 0 spiro atoms. The predicted molar refractivity (Wildman–Crippen MR) is 63.8 cm³/mol. The fourth-order valence-electron chi connectivity index (χ4n) is 2.26. The lowest BCUT2D eigenvalue weighted by atomic mass is 10.2. The first kappa shape index (κ1) is 11.9. The fraction of sp³-hybridized carbons (Fsp3) is 0.667. The Morgan fingerprint density at radius 1 is 1.41 bits per heavy atom. The molecule has 2 aliphatic heterocycles. The number of morpholine rings is 1. The number of ether oxygens (including phenoxy) is 1. The maximum atomic E-state index is 12.3. The molecule has 0 aromatic carbocycles. The van der Waals surface area contributed by atoms with Crippen LogP contribution in [0.3, 0.4) is 0 Å². The molecule has 1 aromatic rings. The van der Waals surface area contributed by atoms with Crippen molar-refractivity contribution < 1.29 is 13.2 Å². The van der Waals surface area contributed by atoms with Gasteiger partial charge in [-0.2, -0.15) is 4.31 Å². The van der Waals surface area contributed by atoms with Gasteiger partial charge in [0.2, 0.25) is 0 Å². The van der Waals surface area contributed by atoms with Crippen LogP contribution >= 0.6 is 22.9 Å². The Morgan fingerprint density at radius 3 is 2.59 bits per heavy atom. The van der Waals surface area contributed by atoms with Crippen molar-refractivity contribution in [3.63, 3.8) is 0 Å². The fourth-order valence-corrected chi connectivity index (χ4v) is 5.21. The average Bonchev–Trinajstić information content (AvgIpc) is 2.85. The Hall–Kier alpha value is -0.210. The van der Waals surface area contributed by atoms with E-state index in [9.17, 15) is 8.42 Å². The van der Waals surface area contributed by atoms with Gasteiger partial charge in [0, 0.05) is 13.1 Å². The first-order valence-electron chi connectivity index (χ1n) is 5.32. The summed E-state index contributed by atoms with van der Waals surface area (Å²) in [5.41, 5.74) is 0. The van der Waals surface area contributed by atoms with Crippen LogP contribution in [0.1, 0.15) is 12.8 Å². The Morgan fingerprint density at radius 2 is 2.06 bits per heavy atom. The first-order valence-corrected chi connectivity index (χ1v) is 7.96. The second kappa shape index (κ2) is 4.17. The zero-order valence-corrected chi connectivity index (χ0v) is 11.3. The molecule has 0 aliphatic carbocycles. The number of fused-ring (bicyclic) bond motifs is 2. The van der Waals surface area contributed by atoms with Gasteiger partial charge in [-0.1, -0.05) is 22.9 Å². The van der Waals surface area contributed by atoms with E-state index >= 15 is 0 Å². The van der Waals surface area contributed by atoms with Crippen LogP contribution in [-0.4, -0.2) is 43.0 Å². The normalized spacial score (nSPS) is 29.7. The molecule has 0 radical (unpaired) electrons. The zero-order valence-electron chi connectivity index (χ0n) is 8.87. The van der Waals surface area contributed by atoms with Crippen LogP contribution < -0.4 is 0 Å². The number of sulfonamides is 1. The van der Waals surface area contributed by atoms with Gasteiger partial charge in [0.25, 0.3) is 10.0 Å². The summed E-state index contributed by atoms with van der Waals surface area (Å²) in [6.07, 6.45) is 3.30. The van der Waals surface area contributed by atoms with Crippen molar-refractivity contribution >= 4 is 33.0 Å². The maximum Gasteiger partial charge on any atom is 0.254 e. The summed E-state index contributed by atoms with van der Waals surface area (Å²) in [5.74, 6) is 0. The molecule has 94 valence electrons. The Kier molecular flexibility index (Phi) is 2.91. The monoisotopic (exact) mass is 294 g/mol. The number of rotatable bonds is 2. The van der Waals surface area contributed by atoms with Crippen molar-refractivity contribution in [2.24, 2.45) is 0 Å². The zero-order chi connectivity index (χ0) is 12.0. The predicted octanol–water partition coefficient (Wildman–Crippen LogP) is 1.35.